The zero-order chi connectivity index (χ0) is 60.6. The van der Waals surface area contributed by atoms with E-state index in [-0.39, 0.29) is 62.9 Å². The summed E-state index contributed by atoms with van der Waals surface area (Å²) < 4.78 is 52.9. The van der Waals surface area contributed by atoms with E-state index in [1.807, 2.05) is 0 Å². The predicted octanol–water partition coefficient (Wildman–Crippen LogP) is 1.35. The number of phenols is 2. The number of esters is 1. The van der Waals surface area contributed by atoms with E-state index in [1.165, 1.54) is 45.3 Å². The maximum Gasteiger partial charge on any atom is 0.397 e. The number of phenolic OH excluding ortho intramolecular Hbond substituents is 2. The van der Waals surface area contributed by atoms with Gasteiger partial charge >= 0.3 is 16.4 Å². The largest absolute Gasteiger partial charge is 0.508 e. The fraction of sp³-hybridized carbons (Fsp3) is 0.536. The van der Waals surface area contributed by atoms with Crippen molar-refractivity contribution in [3.05, 3.63) is 89.5 Å². The van der Waals surface area contributed by atoms with Crippen LogP contribution in [-0.2, 0) is 81.7 Å². The van der Waals surface area contributed by atoms with Crippen LogP contribution in [0.25, 0.3) is 0 Å². The van der Waals surface area contributed by atoms with Crippen molar-refractivity contribution in [1.29, 1.82) is 0 Å². The van der Waals surface area contributed by atoms with Crippen LogP contribution in [0.1, 0.15) is 89.8 Å². The number of rotatable bonds is 21. The van der Waals surface area contributed by atoms with Crippen LogP contribution in [0.4, 0.5) is 0 Å². The van der Waals surface area contributed by atoms with E-state index in [0.29, 0.717) is 28.9 Å². The molecule has 5 rings (SSSR count). The number of likely N-dealkylation sites (N-methyl/N-ethyl adjacent to an activating group) is 1. The second-order valence-corrected chi connectivity index (χ2v) is 21.8. The zero-order valence-electron chi connectivity index (χ0n) is 47.2. The van der Waals surface area contributed by atoms with Crippen molar-refractivity contribution < 1.29 is 85.0 Å². The Morgan fingerprint density at radius 1 is 0.768 bits per heavy atom. The molecule has 3 aromatic carbocycles. The molecule has 2 bridgehead atoms. The number of aliphatic hydroxyl groups is 1. The molecule has 12 atom stereocenters. The lowest BCUT2D eigenvalue weighted by molar-refractivity contribution is -0.168. The number of aryl methyl sites for hydroxylation is 2. The molecule has 0 aliphatic carbocycles. The number of carbonyl (C=O) groups is 8. The van der Waals surface area contributed by atoms with Crippen LogP contribution in [0.3, 0.4) is 0 Å². The number of aromatic hydroxyl groups is 2. The molecule has 7 amide bonds. The van der Waals surface area contributed by atoms with E-state index >= 15 is 9.59 Å². The summed E-state index contributed by atoms with van der Waals surface area (Å²) in [6, 6.07) is 7.90. The lowest BCUT2D eigenvalue weighted by Gasteiger charge is -2.44. The normalized spacial score (nSPS) is 24.0. The smallest absolute Gasteiger partial charge is 0.397 e. The summed E-state index contributed by atoms with van der Waals surface area (Å²) in [5.74, 6) is -8.55. The number of nitrogens with one attached hydrogen (secondary N) is 5. The minimum Gasteiger partial charge on any atom is -0.508 e. The van der Waals surface area contributed by atoms with Crippen molar-refractivity contribution in [1.82, 2.24) is 36.4 Å². The Hall–Kier alpha value is -7.39. The van der Waals surface area contributed by atoms with Gasteiger partial charge in [-0.15, -0.1) is 0 Å². The molecular weight excluding hydrogens is 1090 g/mol. The van der Waals surface area contributed by atoms with Gasteiger partial charge in [-0.3, -0.25) is 38.1 Å². The highest BCUT2D eigenvalue weighted by Crippen LogP contribution is 2.28. The van der Waals surface area contributed by atoms with Gasteiger partial charge in [0.05, 0.1) is 7.11 Å². The second kappa shape index (κ2) is 30.1. The maximum atomic E-state index is 15.1. The fourth-order valence-corrected chi connectivity index (χ4v) is 9.84. The van der Waals surface area contributed by atoms with Gasteiger partial charge in [-0.2, -0.15) is 8.42 Å². The van der Waals surface area contributed by atoms with Gasteiger partial charge in [0.1, 0.15) is 78.5 Å². The average molecular weight is 1170 g/mol. The third kappa shape index (κ3) is 18.1. The van der Waals surface area contributed by atoms with Gasteiger partial charge in [0.25, 0.3) is 5.91 Å². The lowest BCUT2D eigenvalue weighted by Crippen LogP contribution is -2.66. The molecule has 9 N–H and O–H groups in total. The van der Waals surface area contributed by atoms with E-state index in [2.05, 4.69) is 30.8 Å². The summed E-state index contributed by atoms with van der Waals surface area (Å²) in [7, 11) is -1.18. The Labute approximate surface area is 477 Å². The summed E-state index contributed by atoms with van der Waals surface area (Å²) in [6.45, 7) is 7.12. The number of nitrogens with zero attached hydrogens (tertiary/aromatic N) is 2. The Bertz CT molecular complexity index is 2810. The number of fused-ring (bicyclic) bond motifs is 2. The molecule has 2 heterocycles. The molecule has 0 radical (unpaired) electrons. The van der Waals surface area contributed by atoms with E-state index in [9.17, 15) is 57.1 Å². The summed E-state index contributed by atoms with van der Waals surface area (Å²) in [5.41, 5.74) is 1.75. The lowest BCUT2D eigenvalue weighted by atomic mass is 9.91. The van der Waals surface area contributed by atoms with Crippen LogP contribution in [-0.4, -0.2) is 174 Å². The van der Waals surface area contributed by atoms with Crippen molar-refractivity contribution in [2.45, 2.75) is 153 Å². The molecule has 2 aliphatic heterocycles. The monoisotopic (exact) mass is 1170 g/mol. The van der Waals surface area contributed by atoms with Crippen molar-refractivity contribution >= 4 is 57.7 Å². The van der Waals surface area contributed by atoms with E-state index in [0.717, 1.165) is 16.9 Å². The topological polar surface area (TPSA) is 355 Å². The first kappa shape index (κ1) is 65.4. The maximum absolute atomic E-state index is 15.1. The minimum absolute atomic E-state index is 0.0434. The molecule has 0 unspecified atom stereocenters. The molecule has 0 aromatic heterocycles. The minimum atomic E-state index is -5.06. The molecule has 3 aromatic rings. The number of cyclic esters (lactones) is 1. The van der Waals surface area contributed by atoms with Crippen molar-refractivity contribution in [2.24, 2.45) is 11.8 Å². The van der Waals surface area contributed by atoms with Crippen LogP contribution >= 0.6 is 0 Å². The first-order valence-corrected chi connectivity index (χ1v) is 28.5. The number of methoxy groups -OCH3 is 2. The number of amides is 7. The number of ether oxygens (including phenoxy) is 3. The van der Waals surface area contributed by atoms with Gasteiger partial charge in [-0.25, -0.2) is 8.98 Å². The van der Waals surface area contributed by atoms with E-state index in [4.69, 9.17) is 14.2 Å². The van der Waals surface area contributed by atoms with Gasteiger partial charge in [-0.05, 0) is 110 Å². The second-order valence-electron chi connectivity index (χ2n) is 20.7. The first-order chi connectivity index (χ1) is 38.8. The number of piperidine rings is 1. The summed E-state index contributed by atoms with van der Waals surface area (Å²) >= 11 is 0. The number of benzene rings is 3. The van der Waals surface area contributed by atoms with E-state index < -0.39 is 137 Å². The molecule has 0 saturated carbocycles. The standard InChI is InChI=1S/C56H77N7O18S/c1-9-31(3)46-56(74)81-33(5)47(61-50(68)41(26-18-35-13-21-38(65)22-14-35)57-52(70)44(79-8)30-80-82(75,76)77)53(71)58-40(25-17-34-11-19-37(64)20-12-34)49(67)59-42-27-28-45(66)63(54(42)72)48(32(4)10-2)55(73)62(6)43(51(69)60-46)29-36-15-23-39(78-7)24-16-36/h11-16,19-24,31-33,40-48,64-66H,9-10,17-18,25-30H2,1-8H3,(H,57,70)(H,58,71)(H,59,67)(H,60,69)(H,61,68)(H,75,76,77)/t31-,32-,33+,40-,41-,42-,43-,44+,45+,46-,47-,48-/m0/s1. The number of hydrogen-bond acceptors (Lipinski definition) is 17. The number of carbonyl (C=O) groups excluding carboxylic acids is 8. The molecular formula is C56H77N7O18S. The summed E-state index contributed by atoms with van der Waals surface area (Å²) in [4.78, 5) is 120. The van der Waals surface area contributed by atoms with Crippen LogP contribution in [0.5, 0.6) is 17.2 Å². The van der Waals surface area contributed by atoms with Crippen LogP contribution in [0.2, 0.25) is 0 Å². The highest BCUT2D eigenvalue weighted by molar-refractivity contribution is 7.80. The van der Waals surface area contributed by atoms with Gasteiger partial charge in [0, 0.05) is 20.6 Å². The third-order valence-corrected chi connectivity index (χ3v) is 15.4. The van der Waals surface area contributed by atoms with Gasteiger partial charge in [0.2, 0.25) is 35.4 Å². The molecule has 0 spiro atoms. The molecule has 26 heteroatoms. The number of aliphatic hydroxyl groups excluding tert-OH is 1. The molecule has 2 saturated heterocycles. The Kier molecular flexibility index (Phi) is 24.0. The zero-order valence-corrected chi connectivity index (χ0v) is 48.1. The Morgan fingerprint density at radius 3 is 1.91 bits per heavy atom. The van der Waals surface area contributed by atoms with Crippen molar-refractivity contribution in [2.75, 3.05) is 27.9 Å². The van der Waals surface area contributed by atoms with Gasteiger partial charge in [0.15, 0.2) is 6.10 Å². The predicted molar refractivity (Wildman–Crippen MR) is 294 cm³/mol. The van der Waals surface area contributed by atoms with Gasteiger partial charge in [-0.1, -0.05) is 76.9 Å². The molecule has 82 heavy (non-hydrogen) atoms. The molecule has 450 valence electrons. The van der Waals surface area contributed by atoms with Crippen LogP contribution in [0.15, 0.2) is 72.8 Å². The van der Waals surface area contributed by atoms with Crippen molar-refractivity contribution in [3.8, 4) is 17.2 Å². The van der Waals surface area contributed by atoms with Crippen molar-refractivity contribution in [3.63, 3.8) is 0 Å². The third-order valence-electron chi connectivity index (χ3n) is 15.0. The highest BCUT2D eigenvalue weighted by atomic mass is 32.3. The average Bonchev–Trinajstić information content (AvgIpc) is 3.17. The summed E-state index contributed by atoms with van der Waals surface area (Å²) in [5, 5.41) is 44.7. The SMILES string of the molecule is CC[C@H](C)[C@@H]1NC(=O)[C@H](Cc2ccc(OC)cc2)N(C)C(=O)[C@H]([C@@H](C)CC)N2C(=O)[C@H](CC[C@H]2O)NC(=O)[C@H](CCc2ccc(O)cc2)NC(=O)[C@@H](NC(=O)[C@H](CCc2ccc(O)cc2)NC(=O)[C@@H](COS(=O)(=O)O)OC)[C@@H](C)OC1=O. The highest BCUT2D eigenvalue weighted by Gasteiger charge is 2.47. The number of hydrogen-bond donors (Lipinski definition) is 9. The fourth-order valence-electron chi connectivity index (χ4n) is 9.55. The first-order valence-electron chi connectivity index (χ1n) is 27.1. The Balaban J connectivity index is 1.65. The van der Waals surface area contributed by atoms with E-state index in [1.54, 1.807) is 76.2 Å². The molecule has 2 aliphatic rings. The van der Waals surface area contributed by atoms with Gasteiger partial charge < -0.3 is 65.9 Å². The Morgan fingerprint density at radius 2 is 1.35 bits per heavy atom. The molecule has 25 nitrogen and oxygen atoms in total. The quantitative estimate of drug-likeness (QED) is 0.0537. The summed E-state index contributed by atoms with van der Waals surface area (Å²) in [6.07, 6.45) is -4.90. The van der Waals surface area contributed by atoms with Crippen LogP contribution in [0, 0.1) is 11.8 Å². The van der Waals surface area contributed by atoms with Crippen LogP contribution < -0.4 is 31.3 Å². The molecule has 2 fully saturated rings.